The fourth-order valence-corrected chi connectivity index (χ4v) is 5.00. The van der Waals surface area contributed by atoms with Crippen molar-refractivity contribution in [3.05, 3.63) is 88.3 Å². The van der Waals surface area contributed by atoms with Gasteiger partial charge in [-0.15, -0.1) is 0 Å². The van der Waals surface area contributed by atoms with E-state index in [0.29, 0.717) is 47.2 Å². The second kappa shape index (κ2) is 14.0. The number of para-hydroxylation sites is 1. The summed E-state index contributed by atoms with van der Waals surface area (Å²) in [6.07, 6.45) is 1.46. The molecule has 0 saturated carbocycles. The highest BCUT2D eigenvalue weighted by Crippen LogP contribution is 2.35. The number of benzene rings is 3. The Morgan fingerprint density at radius 1 is 0.930 bits per heavy atom. The Kier molecular flexibility index (Phi) is 10.1. The first kappa shape index (κ1) is 31.2. The molecule has 9 nitrogen and oxygen atoms in total. The monoisotopic (exact) mass is 609 g/mol. The van der Waals surface area contributed by atoms with Gasteiger partial charge in [-0.3, -0.25) is 24.1 Å². The van der Waals surface area contributed by atoms with Crippen molar-refractivity contribution in [2.45, 2.75) is 26.7 Å². The van der Waals surface area contributed by atoms with E-state index < -0.39 is 35.2 Å². The lowest BCUT2D eigenvalue weighted by Crippen LogP contribution is -2.36. The lowest BCUT2D eigenvalue weighted by Gasteiger charge is -2.15. The van der Waals surface area contributed by atoms with Gasteiger partial charge in [0, 0.05) is 11.8 Å². The fourth-order valence-electron chi connectivity index (χ4n) is 4.16. The highest BCUT2D eigenvalue weighted by molar-refractivity contribution is 8.18. The van der Waals surface area contributed by atoms with E-state index in [9.17, 15) is 28.0 Å². The summed E-state index contributed by atoms with van der Waals surface area (Å²) in [4.78, 5) is 51.2. The van der Waals surface area contributed by atoms with Gasteiger partial charge < -0.3 is 20.1 Å². The number of carbonyl (C=O) groups excluding carboxylic acids is 4. The summed E-state index contributed by atoms with van der Waals surface area (Å²) in [6.45, 7) is 5.22. The Morgan fingerprint density at radius 2 is 1.67 bits per heavy atom. The molecule has 1 heterocycles. The highest BCUT2D eigenvalue weighted by Gasteiger charge is 2.36. The van der Waals surface area contributed by atoms with Crippen LogP contribution in [0.15, 0.2) is 65.6 Å². The van der Waals surface area contributed by atoms with Crippen molar-refractivity contribution in [3.63, 3.8) is 0 Å². The van der Waals surface area contributed by atoms with Gasteiger partial charge >= 0.3 is 0 Å². The van der Waals surface area contributed by atoms with Crippen LogP contribution in [0, 0.1) is 11.6 Å². The van der Waals surface area contributed by atoms with Crippen molar-refractivity contribution in [2.75, 3.05) is 30.4 Å². The van der Waals surface area contributed by atoms with Crippen LogP contribution in [0.2, 0.25) is 0 Å². The summed E-state index contributed by atoms with van der Waals surface area (Å²) >= 11 is 0.641. The molecule has 1 fully saturated rings. The topological polar surface area (TPSA) is 114 Å². The Bertz CT molecular complexity index is 1590. The maximum atomic E-state index is 13.9. The predicted octanol–water partition coefficient (Wildman–Crippen LogP) is 6.18. The molecule has 1 saturated heterocycles. The molecular formula is C31H29F2N3O6S. The quantitative estimate of drug-likeness (QED) is 0.250. The zero-order valence-electron chi connectivity index (χ0n) is 23.6. The first-order chi connectivity index (χ1) is 20.5. The molecule has 1 aliphatic heterocycles. The van der Waals surface area contributed by atoms with E-state index in [2.05, 4.69) is 10.6 Å². The summed E-state index contributed by atoms with van der Waals surface area (Å²) in [5, 5.41) is 4.41. The zero-order chi connectivity index (χ0) is 31.1. The highest BCUT2D eigenvalue weighted by atomic mass is 32.2. The molecule has 4 rings (SSSR count). The van der Waals surface area contributed by atoms with Crippen molar-refractivity contribution < 1.29 is 37.4 Å². The average Bonchev–Trinajstić information content (AvgIpc) is 3.21. The molecule has 224 valence electrons. The van der Waals surface area contributed by atoms with Gasteiger partial charge in [-0.25, -0.2) is 8.78 Å². The van der Waals surface area contributed by atoms with Crippen LogP contribution < -0.4 is 20.1 Å². The number of rotatable bonds is 11. The fraction of sp³-hybridized carbons (Fsp3) is 0.226. The van der Waals surface area contributed by atoms with E-state index in [1.807, 2.05) is 38.1 Å². The maximum Gasteiger partial charge on any atom is 0.294 e. The van der Waals surface area contributed by atoms with Crippen molar-refractivity contribution >= 4 is 52.2 Å². The van der Waals surface area contributed by atoms with Gasteiger partial charge in [0.25, 0.3) is 17.1 Å². The molecule has 0 aliphatic carbocycles. The Morgan fingerprint density at radius 3 is 2.40 bits per heavy atom. The number of hydrogen-bond acceptors (Lipinski definition) is 7. The third-order valence-corrected chi connectivity index (χ3v) is 7.07. The van der Waals surface area contributed by atoms with Crippen LogP contribution in [0.3, 0.4) is 0 Å². The third kappa shape index (κ3) is 7.98. The molecule has 3 aromatic rings. The maximum absolute atomic E-state index is 13.9. The Labute approximate surface area is 251 Å². The van der Waals surface area contributed by atoms with Gasteiger partial charge in [-0.05, 0) is 72.1 Å². The number of anilines is 2. The molecule has 0 unspecified atom stereocenters. The van der Waals surface area contributed by atoms with Crippen molar-refractivity contribution in [3.8, 4) is 11.5 Å². The number of carbonyl (C=O) groups is 4. The molecule has 0 atom stereocenters. The second-order valence-corrected chi connectivity index (χ2v) is 10.7. The minimum atomic E-state index is -0.989. The molecule has 2 N–H and O–H groups in total. The van der Waals surface area contributed by atoms with Gasteiger partial charge in [0.1, 0.15) is 18.2 Å². The molecule has 4 amide bonds. The standard InChI is InChI=1S/C31H29F2N3O6S/c1-4-41-26-13-19(9-12-25(26)42-17-29(38)34-23-8-6-5-7-21(23)18(2)3)14-27-30(39)36(31(40)43-27)16-28(37)35-24-11-10-20(32)15-22(24)33/h5-15,18H,4,16-17H2,1-3H3,(H,34,38)(H,35,37)/b27-14+. The molecule has 0 bridgehead atoms. The van der Waals surface area contributed by atoms with Crippen LogP contribution in [0.5, 0.6) is 11.5 Å². The van der Waals surface area contributed by atoms with E-state index in [-0.39, 0.29) is 29.0 Å². The molecule has 12 heteroatoms. The van der Waals surface area contributed by atoms with Gasteiger partial charge in [-0.2, -0.15) is 0 Å². The van der Waals surface area contributed by atoms with E-state index >= 15 is 0 Å². The first-order valence-corrected chi connectivity index (χ1v) is 14.2. The smallest absolute Gasteiger partial charge is 0.294 e. The molecular weight excluding hydrogens is 580 g/mol. The molecule has 43 heavy (non-hydrogen) atoms. The second-order valence-electron chi connectivity index (χ2n) is 9.66. The van der Waals surface area contributed by atoms with E-state index in [1.165, 1.54) is 6.08 Å². The van der Waals surface area contributed by atoms with Crippen LogP contribution in [0.1, 0.15) is 37.8 Å². The molecule has 1 aliphatic rings. The number of halogens is 2. The average molecular weight is 610 g/mol. The lowest BCUT2D eigenvalue weighted by molar-refractivity contribution is -0.127. The number of hydrogen-bond donors (Lipinski definition) is 2. The summed E-state index contributed by atoms with van der Waals surface area (Å²) < 4.78 is 38.4. The van der Waals surface area contributed by atoms with Crippen LogP contribution in [-0.4, -0.2) is 47.6 Å². The van der Waals surface area contributed by atoms with Crippen LogP contribution in [0.4, 0.5) is 25.0 Å². The first-order valence-electron chi connectivity index (χ1n) is 13.3. The van der Waals surface area contributed by atoms with Crippen LogP contribution in [-0.2, 0) is 14.4 Å². The zero-order valence-corrected chi connectivity index (χ0v) is 24.4. The summed E-state index contributed by atoms with van der Waals surface area (Å²) in [7, 11) is 0. The van der Waals surface area contributed by atoms with Gasteiger partial charge in [0.2, 0.25) is 5.91 Å². The van der Waals surface area contributed by atoms with E-state index in [4.69, 9.17) is 9.47 Å². The predicted molar refractivity (Wildman–Crippen MR) is 160 cm³/mol. The third-order valence-electron chi connectivity index (χ3n) is 6.16. The van der Waals surface area contributed by atoms with Crippen LogP contribution >= 0.6 is 11.8 Å². The van der Waals surface area contributed by atoms with Crippen molar-refractivity contribution in [1.82, 2.24) is 4.90 Å². The summed E-state index contributed by atoms with van der Waals surface area (Å²) in [5.41, 5.74) is 1.94. The molecule has 0 spiro atoms. The summed E-state index contributed by atoms with van der Waals surface area (Å²) in [5.74, 6) is -2.83. The van der Waals surface area contributed by atoms with E-state index in [1.54, 1.807) is 25.1 Å². The van der Waals surface area contributed by atoms with Crippen molar-refractivity contribution in [2.24, 2.45) is 0 Å². The Balaban J connectivity index is 1.41. The number of ether oxygens (including phenoxy) is 2. The SMILES string of the molecule is CCOc1cc(/C=C2/SC(=O)N(CC(=O)Nc3ccc(F)cc3F)C2=O)ccc1OCC(=O)Nc1ccccc1C(C)C. The van der Waals surface area contributed by atoms with Gasteiger partial charge in [0.15, 0.2) is 18.1 Å². The number of imide groups is 1. The lowest BCUT2D eigenvalue weighted by atomic mass is 10.0. The molecule has 0 radical (unpaired) electrons. The number of amides is 4. The van der Waals surface area contributed by atoms with Gasteiger partial charge in [-0.1, -0.05) is 38.1 Å². The molecule has 3 aromatic carbocycles. The number of nitrogens with one attached hydrogen (secondary N) is 2. The largest absolute Gasteiger partial charge is 0.490 e. The van der Waals surface area contributed by atoms with Crippen LogP contribution in [0.25, 0.3) is 6.08 Å². The normalized spacial score (nSPS) is 13.9. The molecule has 0 aromatic heterocycles. The summed E-state index contributed by atoms with van der Waals surface area (Å²) in [6, 6.07) is 14.9. The minimum absolute atomic E-state index is 0.0603. The van der Waals surface area contributed by atoms with Crippen molar-refractivity contribution in [1.29, 1.82) is 0 Å². The number of thioether (sulfide) groups is 1. The van der Waals surface area contributed by atoms with Gasteiger partial charge in [0.05, 0.1) is 17.2 Å². The minimum Gasteiger partial charge on any atom is -0.490 e. The Hall–Kier alpha value is -4.71. The number of nitrogens with zero attached hydrogens (tertiary/aromatic N) is 1. The van der Waals surface area contributed by atoms with E-state index in [0.717, 1.165) is 22.6 Å².